The SMILES string of the molecule is O=C(Nc1ccc(F)cc1)c1cccnc1Nc1ccc(Oc2ccnc(Cl)n2)c(F)c1. The van der Waals surface area contributed by atoms with E-state index in [0.29, 0.717) is 11.4 Å². The van der Waals surface area contributed by atoms with E-state index in [9.17, 15) is 13.6 Å². The summed E-state index contributed by atoms with van der Waals surface area (Å²) in [7, 11) is 0. The molecule has 2 N–H and O–H groups in total. The Kier molecular flexibility index (Phi) is 6.18. The second kappa shape index (κ2) is 9.36. The lowest BCUT2D eigenvalue weighted by molar-refractivity contribution is 0.102. The van der Waals surface area contributed by atoms with Crippen LogP contribution in [0.15, 0.2) is 73.1 Å². The molecule has 0 fully saturated rings. The van der Waals surface area contributed by atoms with E-state index in [1.807, 2.05) is 0 Å². The van der Waals surface area contributed by atoms with E-state index < -0.39 is 17.5 Å². The third kappa shape index (κ3) is 5.13. The van der Waals surface area contributed by atoms with Crippen LogP contribution in [0, 0.1) is 11.6 Å². The molecule has 2 heterocycles. The number of amides is 1. The summed E-state index contributed by atoms with van der Waals surface area (Å²) in [6.07, 6.45) is 2.88. The molecule has 4 aromatic rings. The molecule has 1 amide bonds. The van der Waals surface area contributed by atoms with Crippen molar-refractivity contribution in [3.63, 3.8) is 0 Å². The summed E-state index contributed by atoms with van der Waals surface area (Å²) in [6, 6.07) is 14.1. The molecule has 0 bridgehead atoms. The zero-order valence-corrected chi connectivity index (χ0v) is 17.0. The molecule has 32 heavy (non-hydrogen) atoms. The van der Waals surface area contributed by atoms with Crippen LogP contribution in [0.2, 0.25) is 5.28 Å². The van der Waals surface area contributed by atoms with Gasteiger partial charge in [0, 0.05) is 35.9 Å². The summed E-state index contributed by atoms with van der Waals surface area (Å²) in [5.74, 6) is -1.31. The van der Waals surface area contributed by atoms with Gasteiger partial charge in [0.15, 0.2) is 11.6 Å². The molecule has 0 radical (unpaired) electrons. The van der Waals surface area contributed by atoms with Crippen LogP contribution >= 0.6 is 11.6 Å². The van der Waals surface area contributed by atoms with Crippen LogP contribution in [0.1, 0.15) is 10.4 Å². The lowest BCUT2D eigenvalue weighted by Crippen LogP contribution is -2.14. The van der Waals surface area contributed by atoms with Gasteiger partial charge < -0.3 is 15.4 Å². The Hall–Kier alpha value is -4.11. The van der Waals surface area contributed by atoms with E-state index in [1.54, 1.807) is 18.2 Å². The van der Waals surface area contributed by atoms with Crippen molar-refractivity contribution in [1.29, 1.82) is 0 Å². The largest absolute Gasteiger partial charge is 0.436 e. The molecule has 160 valence electrons. The molecular weight excluding hydrogens is 440 g/mol. The minimum atomic E-state index is -0.669. The Morgan fingerprint density at radius 3 is 2.47 bits per heavy atom. The maximum absolute atomic E-state index is 14.5. The first-order valence-electron chi connectivity index (χ1n) is 9.23. The van der Waals surface area contributed by atoms with E-state index in [1.165, 1.54) is 54.9 Å². The van der Waals surface area contributed by atoms with Gasteiger partial charge >= 0.3 is 0 Å². The summed E-state index contributed by atoms with van der Waals surface area (Å²) in [6.45, 7) is 0. The van der Waals surface area contributed by atoms with Crippen LogP contribution in [0.5, 0.6) is 11.6 Å². The van der Waals surface area contributed by atoms with Crippen LogP contribution in [0.3, 0.4) is 0 Å². The Bertz CT molecular complexity index is 1270. The third-order valence-corrected chi connectivity index (χ3v) is 4.35. The van der Waals surface area contributed by atoms with E-state index in [-0.39, 0.29) is 28.3 Å². The van der Waals surface area contributed by atoms with Gasteiger partial charge in [-0.25, -0.2) is 18.7 Å². The molecule has 10 heteroatoms. The van der Waals surface area contributed by atoms with Crippen molar-refractivity contribution in [1.82, 2.24) is 15.0 Å². The molecule has 0 unspecified atom stereocenters. The topological polar surface area (TPSA) is 89.0 Å². The van der Waals surface area contributed by atoms with Crippen molar-refractivity contribution >= 4 is 34.7 Å². The normalized spacial score (nSPS) is 10.5. The highest BCUT2D eigenvalue weighted by molar-refractivity contribution is 6.28. The second-order valence-electron chi connectivity index (χ2n) is 6.40. The van der Waals surface area contributed by atoms with Crippen LogP contribution < -0.4 is 15.4 Å². The zero-order chi connectivity index (χ0) is 22.5. The summed E-state index contributed by atoms with van der Waals surface area (Å²) >= 11 is 5.70. The molecule has 2 aromatic heterocycles. The highest BCUT2D eigenvalue weighted by atomic mass is 35.5. The predicted octanol–water partition coefficient (Wildman–Crippen LogP) is 5.59. The van der Waals surface area contributed by atoms with Crippen molar-refractivity contribution in [2.24, 2.45) is 0 Å². The minimum Gasteiger partial charge on any atom is -0.436 e. The molecule has 0 aliphatic carbocycles. The van der Waals surface area contributed by atoms with Crippen molar-refractivity contribution < 1.29 is 18.3 Å². The van der Waals surface area contributed by atoms with Crippen LogP contribution in [0.25, 0.3) is 0 Å². The fourth-order valence-electron chi connectivity index (χ4n) is 2.71. The van der Waals surface area contributed by atoms with Gasteiger partial charge in [0.25, 0.3) is 5.91 Å². The minimum absolute atomic E-state index is 0.0252. The highest BCUT2D eigenvalue weighted by Gasteiger charge is 2.14. The van der Waals surface area contributed by atoms with E-state index in [0.717, 1.165) is 0 Å². The highest BCUT2D eigenvalue weighted by Crippen LogP contribution is 2.28. The number of nitrogens with zero attached hydrogens (tertiary/aromatic N) is 3. The number of benzene rings is 2. The van der Waals surface area contributed by atoms with Gasteiger partial charge in [0.1, 0.15) is 11.6 Å². The van der Waals surface area contributed by atoms with Crippen molar-refractivity contribution in [3.05, 3.63) is 95.5 Å². The van der Waals surface area contributed by atoms with E-state index in [4.69, 9.17) is 16.3 Å². The molecule has 0 atom stereocenters. The third-order valence-electron chi connectivity index (χ3n) is 4.16. The number of carbonyl (C=O) groups is 1. The van der Waals surface area contributed by atoms with Gasteiger partial charge in [-0.1, -0.05) is 0 Å². The van der Waals surface area contributed by atoms with Gasteiger partial charge in [-0.15, -0.1) is 0 Å². The summed E-state index contributed by atoms with van der Waals surface area (Å²) in [4.78, 5) is 24.4. The van der Waals surface area contributed by atoms with Gasteiger partial charge in [-0.3, -0.25) is 4.79 Å². The van der Waals surface area contributed by atoms with Gasteiger partial charge in [-0.2, -0.15) is 4.98 Å². The van der Waals surface area contributed by atoms with Gasteiger partial charge in [-0.05, 0) is 60.1 Å². The second-order valence-corrected chi connectivity index (χ2v) is 6.73. The molecular formula is C22H14ClF2N5O2. The number of anilines is 3. The fourth-order valence-corrected chi connectivity index (χ4v) is 2.85. The van der Waals surface area contributed by atoms with Gasteiger partial charge in [0.05, 0.1) is 5.56 Å². The number of rotatable bonds is 6. The molecule has 0 aliphatic rings. The lowest BCUT2D eigenvalue weighted by atomic mass is 10.2. The predicted molar refractivity (Wildman–Crippen MR) is 115 cm³/mol. The standard InChI is InChI=1S/C22H14ClF2N5O2/c23-22-27-11-9-19(30-22)32-18-8-7-15(12-17(18)25)28-20-16(2-1-10-26-20)21(31)29-14-5-3-13(24)4-6-14/h1-12H,(H,26,28)(H,29,31). The summed E-state index contributed by atoms with van der Waals surface area (Å²) < 4.78 is 33.0. The molecule has 7 nitrogen and oxygen atoms in total. The van der Waals surface area contributed by atoms with E-state index >= 15 is 0 Å². The molecule has 0 saturated carbocycles. The van der Waals surface area contributed by atoms with Crippen molar-refractivity contribution in [2.75, 3.05) is 10.6 Å². The number of nitrogens with one attached hydrogen (secondary N) is 2. The zero-order valence-electron chi connectivity index (χ0n) is 16.2. The maximum atomic E-state index is 14.5. The van der Waals surface area contributed by atoms with Gasteiger partial charge in [0.2, 0.25) is 11.2 Å². The number of pyridine rings is 1. The van der Waals surface area contributed by atoms with Crippen LogP contribution in [-0.2, 0) is 0 Å². The number of aromatic nitrogens is 3. The first-order valence-corrected chi connectivity index (χ1v) is 9.60. The molecule has 2 aromatic carbocycles. The summed E-state index contributed by atoms with van der Waals surface area (Å²) in [5.41, 5.74) is 0.974. The average Bonchev–Trinajstić information content (AvgIpc) is 2.78. The smallest absolute Gasteiger partial charge is 0.259 e. The summed E-state index contributed by atoms with van der Waals surface area (Å²) in [5, 5.41) is 5.55. The lowest BCUT2D eigenvalue weighted by Gasteiger charge is -2.12. The van der Waals surface area contributed by atoms with Crippen molar-refractivity contribution in [2.45, 2.75) is 0 Å². The van der Waals surface area contributed by atoms with E-state index in [2.05, 4.69) is 25.6 Å². The first kappa shape index (κ1) is 21.1. The number of halogens is 3. The van der Waals surface area contributed by atoms with Crippen LogP contribution in [0.4, 0.5) is 26.0 Å². The molecule has 0 saturated heterocycles. The Balaban J connectivity index is 1.51. The molecule has 0 spiro atoms. The Morgan fingerprint density at radius 1 is 0.938 bits per heavy atom. The van der Waals surface area contributed by atoms with Crippen LogP contribution in [-0.4, -0.2) is 20.9 Å². The molecule has 0 aliphatic heterocycles. The fraction of sp³-hybridized carbons (Fsp3) is 0. The monoisotopic (exact) mass is 453 g/mol. The first-order chi connectivity index (χ1) is 15.5. The quantitative estimate of drug-likeness (QED) is 0.370. The number of hydrogen-bond donors (Lipinski definition) is 2. The molecule has 4 rings (SSSR count). The Labute approximate surface area is 186 Å². The van der Waals surface area contributed by atoms with Crippen molar-refractivity contribution in [3.8, 4) is 11.6 Å². The number of carbonyl (C=O) groups excluding carboxylic acids is 1. The Morgan fingerprint density at radius 2 is 1.72 bits per heavy atom. The number of hydrogen-bond acceptors (Lipinski definition) is 6. The average molecular weight is 454 g/mol. The maximum Gasteiger partial charge on any atom is 0.259 e. The number of ether oxygens (including phenoxy) is 1.